The second kappa shape index (κ2) is 5.17. The lowest BCUT2D eigenvalue weighted by atomic mass is 10.0. The minimum Gasteiger partial charge on any atom is -0.384 e. The highest BCUT2D eigenvalue weighted by Crippen LogP contribution is 2.31. The van der Waals surface area contributed by atoms with Crippen molar-refractivity contribution in [2.45, 2.75) is 6.10 Å². The van der Waals surface area contributed by atoms with Gasteiger partial charge in [0.05, 0.1) is 0 Å². The van der Waals surface area contributed by atoms with Gasteiger partial charge in [0.2, 0.25) is 0 Å². The molecule has 1 atom stereocenters. The average Bonchev–Trinajstić information content (AvgIpc) is 2.28. The first-order valence-corrected chi connectivity index (χ1v) is 6.14. The largest absolute Gasteiger partial charge is 0.384 e. The van der Waals surface area contributed by atoms with Crippen LogP contribution >= 0.6 is 27.5 Å². The van der Waals surface area contributed by atoms with Gasteiger partial charge in [0, 0.05) is 15.1 Å². The Morgan fingerprint density at radius 2 is 1.88 bits per heavy atom. The number of hydrogen-bond donors (Lipinski definition) is 1. The molecule has 0 aromatic heterocycles. The summed E-state index contributed by atoms with van der Waals surface area (Å²) in [4.78, 5) is 0. The molecule has 0 saturated carbocycles. The van der Waals surface area contributed by atoms with Gasteiger partial charge in [-0.25, -0.2) is 4.39 Å². The van der Waals surface area contributed by atoms with E-state index in [4.69, 9.17) is 11.6 Å². The molecule has 1 N–H and O–H groups in total. The zero-order valence-corrected chi connectivity index (χ0v) is 11.0. The molecule has 2 aromatic carbocycles. The van der Waals surface area contributed by atoms with Crippen LogP contribution in [-0.2, 0) is 0 Å². The van der Waals surface area contributed by atoms with Gasteiger partial charge in [-0.05, 0) is 29.8 Å². The maximum atomic E-state index is 13.7. The maximum Gasteiger partial charge on any atom is 0.130 e. The second-order valence-corrected chi connectivity index (χ2v) is 4.88. The van der Waals surface area contributed by atoms with Crippen LogP contribution in [0, 0.1) is 5.82 Å². The van der Waals surface area contributed by atoms with Crippen LogP contribution in [0.15, 0.2) is 46.9 Å². The van der Waals surface area contributed by atoms with Crippen molar-refractivity contribution >= 4 is 27.5 Å². The fourth-order valence-electron chi connectivity index (χ4n) is 1.62. The third-order valence-electron chi connectivity index (χ3n) is 2.44. The first-order chi connectivity index (χ1) is 8.09. The first-order valence-electron chi connectivity index (χ1n) is 4.97. The number of benzene rings is 2. The Morgan fingerprint density at radius 3 is 2.53 bits per heavy atom. The summed E-state index contributed by atoms with van der Waals surface area (Å²) in [5.41, 5.74) is 0.776. The van der Waals surface area contributed by atoms with Crippen molar-refractivity contribution in [2.24, 2.45) is 0 Å². The first kappa shape index (κ1) is 12.6. The molecule has 0 fully saturated rings. The maximum absolute atomic E-state index is 13.7. The Morgan fingerprint density at radius 1 is 1.18 bits per heavy atom. The van der Waals surface area contributed by atoms with E-state index in [1.165, 1.54) is 6.07 Å². The molecule has 1 nitrogen and oxygen atoms in total. The quantitative estimate of drug-likeness (QED) is 0.875. The molecule has 1 unspecified atom stereocenters. The van der Waals surface area contributed by atoms with Crippen LogP contribution in [0.4, 0.5) is 4.39 Å². The molecular weight excluding hydrogens is 306 g/mol. The minimum atomic E-state index is -1.04. The zero-order valence-electron chi connectivity index (χ0n) is 8.70. The molecule has 0 aliphatic heterocycles. The highest BCUT2D eigenvalue weighted by atomic mass is 79.9. The molecule has 0 amide bonds. The highest BCUT2D eigenvalue weighted by molar-refractivity contribution is 9.10. The molecule has 0 saturated heterocycles. The molecule has 0 aliphatic carbocycles. The van der Waals surface area contributed by atoms with E-state index in [1.807, 2.05) is 0 Å². The summed E-state index contributed by atoms with van der Waals surface area (Å²) in [6.07, 6.45) is -1.04. The van der Waals surface area contributed by atoms with Gasteiger partial charge >= 0.3 is 0 Å². The summed E-state index contributed by atoms with van der Waals surface area (Å²) >= 11 is 9.07. The van der Waals surface area contributed by atoms with Gasteiger partial charge < -0.3 is 5.11 Å². The van der Waals surface area contributed by atoms with Crippen LogP contribution < -0.4 is 0 Å². The van der Waals surface area contributed by atoms with E-state index in [0.717, 1.165) is 0 Å². The van der Waals surface area contributed by atoms with Crippen molar-refractivity contribution in [3.63, 3.8) is 0 Å². The molecule has 2 aromatic rings. The van der Waals surface area contributed by atoms with Gasteiger partial charge in [-0.15, -0.1) is 0 Å². The Bertz CT molecular complexity index is 524. The van der Waals surface area contributed by atoms with Gasteiger partial charge in [0.15, 0.2) is 0 Å². The second-order valence-electron chi connectivity index (χ2n) is 3.59. The van der Waals surface area contributed by atoms with Gasteiger partial charge in [0.1, 0.15) is 11.9 Å². The van der Waals surface area contributed by atoms with Crippen LogP contribution in [0.5, 0.6) is 0 Å². The van der Waals surface area contributed by atoms with Gasteiger partial charge in [0.25, 0.3) is 0 Å². The molecule has 88 valence electrons. The third kappa shape index (κ3) is 2.68. The standard InChI is InChI=1S/C13H9BrClFO/c14-10-5-2-6-11(16)12(10)13(17)8-3-1-4-9(15)7-8/h1-7,13,17H. The number of aliphatic hydroxyl groups excluding tert-OH is 1. The van der Waals surface area contributed by atoms with E-state index < -0.39 is 11.9 Å². The monoisotopic (exact) mass is 314 g/mol. The number of aliphatic hydroxyl groups is 1. The Balaban J connectivity index is 2.47. The van der Waals surface area contributed by atoms with E-state index in [2.05, 4.69) is 15.9 Å². The molecule has 2 rings (SSSR count). The molecule has 0 bridgehead atoms. The molecule has 0 aliphatic rings. The van der Waals surface area contributed by atoms with E-state index in [9.17, 15) is 9.50 Å². The lowest BCUT2D eigenvalue weighted by molar-refractivity contribution is 0.214. The third-order valence-corrected chi connectivity index (χ3v) is 3.36. The fourth-order valence-corrected chi connectivity index (χ4v) is 2.37. The predicted octanol–water partition coefficient (Wildman–Crippen LogP) is 4.32. The molecule has 0 spiro atoms. The molecule has 0 radical (unpaired) electrons. The van der Waals surface area contributed by atoms with Gasteiger partial charge in [-0.1, -0.05) is 45.7 Å². The fraction of sp³-hybridized carbons (Fsp3) is 0.0769. The summed E-state index contributed by atoms with van der Waals surface area (Å²) in [6, 6.07) is 11.3. The van der Waals surface area contributed by atoms with E-state index in [-0.39, 0.29) is 5.56 Å². The van der Waals surface area contributed by atoms with Crippen LogP contribution in [0.1, 0.15) is 17.2 Å². The van der Waals surface area contributed by atoms with Crippen LogP contribution in [0.2, 0.25) is 5.02 Å². The summed E-state index contributed by atoms with van der Waals surface area (Å²) in [6.45, 7) is 0. The van der Waals surface area contributed by atoms with Crippen LogP contribution in [-0.4, -0.2) is 5.11 Å². The molecule has 4 heteroatoms. The van der Waals surface area contributed by atoms with Crippen LogP contribution in [0.25, 0.3) is 0 Å². The minimum absolute atomic E-state index is 0.217. The van der Waals surface area contributed by atoms with Crippen molar-refractivity contribution in [3.8, 4) is 0 Å². The number of rotatable bonds is 2. The van der Waals surface area contributed by atoms with Crippen LogP contribution in [0.3, 0.4) is 0 Å². The SMILES string of the molecule is OC(c1cccc(Cl)c1)c1c(F)cccc1Br. The van der Waals surface area contributed by atoms with Crippen molar-refractivity contribution < 1.29 is 9.50 Å². The smallest absolute Gasteiger partial charge is 0.130 e. The van der Waals surface area contributed by atoms with Crippen molar-refractivity contribution in [1.29, 1.82) is 0 Å². The van der Waals surface area contributed by atoms with Crippen molar-refractivity contribution in [3.05, 3.63) is 68.9 Å². The Labute approximate surface area is 112 Å². The number of halogens is 3. The summed E-state index contributed by atoms with van der Waals surface area (Å²) in [5, 5.41) is 10.7. The Kier molecular flexibility index (Phi) is 3.82. The number of hydrogen-bond acceptors (Lipinski definition) is 1. The van der Waals surface area contributed by atoms with Crippen molar-refractivity contribution in [2.75, 3.05) is 0 Å². The predicted molar refractivity (Wildman–Crippen MR) is 69.6 cm³/mol. The normalized spacial score (nSPS) is 12.5. The van der Waals surface area contributed by atoms with Gasteiger partial charge in [-0.3, -0.25) is 0 Å². The summed E-state index contributed by atoms with van der Waals surface area (Å²) < 4.78 is 14.2. The average molecular weight is 316 g/mol. The lowest BCUT2D eigenvalue weighted by Gasteiger charge is -2.14. The summed E-state index contributed by atoms with van der Waals surface area (Å²) in [7, 11) is 0. The lowest BCUT2D eigenvalue weighted by Crippen LogP contribution is -2.03. The van der Waals surface area contributed by atoms with E-state index in [1.54, 1.807) is 36.4 Å². The highest BCUT2D eigenvalue weighted by Gasteiger charge is 2.18. The zero-order chi connectivity index (χ0) is 12.4. The topological polar surface area (TPSA) is 20.2 Å². The molecular formula is C13H9BrClFO. The van der Waals surface area contributed by atoms with Gasteiger partial charge in [-0.2, -0.15) is 0 Å². The van der Waals surface area contributed by atoms with Crippen molar-refractivity contribution in [1.82, 2.24) is 0 Å². The molecule has 0 heterocycles. The van der Waals surface area contributed by atoms with E-state index >= 15 is 0 Å². The molecule has 17 heavy (non-hydrogen) atoms. The summed E-state index contributed by atoms with van der Waals surface area (Å²) in [5.74, 6) is -0.452. The Hall–Kier alpha value is -0.900. The van der Waals surface area contributed by atoms with E-state index in [0.29, 0.717) is 15.1 Å².